The topological polar surface area (TPSA) is 253 Å². The van der Waals surface area contributed by atoms with Gasteiger partial charge in [0.1, 0.15) is 23.9 Å². The summed E-state index contributed by atoms with van der Waals surface area (Å²) in [5, 5.41) is 107. The average Bonchev–Trinajstić information content (AvgIpc) is 4.16. The molecule has 0 unspecified atom stereocenters. The van der Waals surface area contributed by atoms with Crippen molar-refractivity contribution in [3.8, 4) is 11.5 Å². The fourth-order valence-electron chi connectivity index (χ4n) is 16.3. The van der Waals surface area contributed by atoms with E-state index < -0.39 is 88.2 Å². The Balaban J connectivity index is 1.15. The highest BCUT2D eigenvalue weighted by atomic mass is 33.1. The molecule has 5 aliphatic carbocycles. The van der Waals surface area contributed by atoms with E-state index in [0.717, 1.165) is 64.3 Å². The van der Waals surface area contributed by atoms with Crippen LogP contribution in [0.1, 0.15) is 135 Å². The second kappa shape index (κ2) is 22.4. The Morgan fingerprint density at radius 1 is 0.960 bits per heavy atom. The normalized spacial score (nSPS) is 44.3. The molecule has 16 nitrogen and oxygen atoms in total. The van der Waals surface area contributed by atoms with Crippen LogP contribution in [0.2, 0.25) is 0 Å². The minimum Gasteiger partial charge on any atom is -0.485 e. The molecule has 0 amide bonds. The van der Waals surface area contributed by atoms with Gasteiger partial charge in [-0.15, -0.1) is 0 Å². The maximum Gasteiger partial charge on any atom is 0.306 e. The van der Waals surface area contributed by atoms with Gasteiger partial charge in [-0.2, -0.15) is 0 Å². The fraction of sp³-hybridized carbons (Fsp3) is 0.807. The highest BCUT2D eigenvalue weighted by Gasteiger charge is 2.78. The Labute approximate surface area is 450 Å². The average molecular weight is 1090 g/mol. The standard InChI is InChI=1S/C57H86N2O14S2/c1-4-69-45(64)13-10-36-28-37-18-26-70-47(37)49-48(36)72-51-57(68)46-38(9-11-41(62)40(46)32-60)30-55(67,50(57)65)56(73-51)33-74-75-54(43(59-25-27-71-49)12-8-34(2)6-5-7-44(56)63)24-23-52(19-14-35(29-52)31-58-3)42(54)17-22-53(66)20-15-39(61)16-21-53/h9,11,18,26,28,34-35,38-44,46,50-51,58-63,65-68H,4-8,10,12-17,19-25,27,29-33H2,1-3H3/t34-,35+,38+,39?,40-,41+,42-,43+,44-,46+,50+,51-,52+,53?,54+,55+,56-,57-/m1/s1. The number of benzene rings is 1. The number of hydrogen-bond acceptors (Lipinski definition) is 18. The zero-order valence-corrected chi connectivity index (χ0v) is 46.0. The third kappa shape index (κ3) is 10.0. The van der Waals surface area contributed by atoms with Gasteiger partial charge < -0.3 is 74.9 Å². The van der Waals surface area contributed by atoms with Crippen LogP contribution in [0, 0.1) is 40.9 Å². The summed E-state index contributed by atoms with van der Waals surface area (Å²) in [6, 6.07) is 3.58. The van der Waals surface area contributed by atoms with E-state index in [1.54, 1.807) is 42.2 Å². The summed E-state index contributed by atoms with van der Waals surface area (Å²) < 4.78 is 32.5. The van der Waals surface area contributed by atoms with Crippen LogP contribution in [-0.4, -0.2) is 156 Å². The lowest BCUT2D eigenvalue weighted by molar-refractivity contribution is -0.424. The molecule has 0 radical (unpaired) electrons. The molecule has 5 bridgehead atoms. The highest BCUT2D eigenvalue weighted by molar-refractivity contribution is 8.77. The van der Waals surface area contributed by atoms with Crippen molar-refractivity contribution >= 4 is 38.5 Å². The van der Waals surface area contributed by atoms with E-state index in [2.05, 4.69) is 17.6 Å². The molecular formula is C57H86N2O14S2. The molecule has 4 heterocycles. The molecular weight excluding hydrogens is 1000 g/mol. The maximum absolute atomic E-state index is 13.8. The van der Waals surface area contributed by atoms with Crippen molar-refractivity contribution in [1.82, 2.24) is 10.6 Å². The zero-order chi connectivity index (χ0) is 53.0. The summed E-state index contributed by atoms with van der Waals surface area (Å²) in [4.78, 5) is 13.0. The first-order chi connectivity index (χ1) is 36.0. The Bertz CT molecular complexity index is 2330. The number of carbonyl (C=O) groups excluding carboxylic acids is 1. The van der Waals surface area contributed by atoms with Crippen molar-refractivity contribution in [1.29, 1.82) is 0 Å². The van der Waals surface area contributed by atoms with Crippen molar-refractivity contribution in [3.63, 3.8) is 0 Å². The van der Waals surface area contributed by atoms with Crippen molar-refractivity contribution in [2.24, 2.45) is 40.9 Å². The van der Waals surface area contributed by atoms with Crippen LogP contribution >= 0.6 is 21.6 Å². The number of rotatable bonds is 10. The number of carbonyl (C=O) groups is 1. The van der Waals surface area contributed by atoms with Gasteiger partial charge in [-0.05, 0) is 170 Å². The van der Waals surface area contributed by atoms with Gasteiger partial charge in [-0.1, -0.05) is 53.5 Å². The summed E-state index contributed by atoms with van der Waals surface area (Å²) in [5.41, 5.74) is -6.82. The van der Waals surface area contributed by atoms with Crippen LogP contribution in [0.3, 0.4) is 0 Å². The Morgan fingerprint density at radius 2 is 1.77 bits per heavy atom. The lowest BCUT2D eigenvalue weighted by Crippen LogP contribution is -2.86. The van der Waals surface area contributed by atoms with Gasteiger partial charge in [0.2, 0.25) is 12.0 Å². The van der Waals surface area contributed by atoms with Crippen molar-refractivity contribution in [3.05, 3.63) is 36.1 Å². The number of ether oxygens (including phenoxy) is 4. The minimum absolute atomic E-state index is 0.00973. The molecule has 3 aliphatic heterocycles. The highest BCUT2D eigenvalue weighted by Crippen LogP contribution is 2.69. The van der Waals surface area contributed by atoms with Gasteiger partial charge in [0.15, 0.2) is 16.9 Å². The van der Waals surface area contributed by atoms with Crippen LogP contribution in [0.25, 0.3) is 11.0 Å². The van der Waals surface area contributed by atoms with Gasteiger partial charge in [0, 0.05) is 53.3 Å². The van der Waals surface area contributed by atoms with Gasteiger partial charge in [-0.25, -0.2) is 0 Å². The minimum atomic E-state index is -2.50. The lowest BCUT2D eigenvalue weighted by atomic mass is 9.50. The van der Waals surface area contributed by atoms with E-state index in [-0.39, 0.29) is 79.4 Å². The third-order valence-electron chi connectivity index (χ3n) is 20.2. The first-order valence-corrected chi connectivity index (χ1v) is 30.8. The number of fused-ring (bicyclic) bond motifs is 11. The number of aryl methyl sites for hydroxylation is 1. The van der Waals surface area contributed by atoms with E-state index in [4.69, 9.17) is 23.4 Å². The molecule has 8 aliphatic rings. The van der Waals surface area contributed by atoms with Crippen molar-refractivity contribution in [2.45, 2.75) is 200 Å². The van der Waals surface area contributed by atoms with Crippen LogP contribution in [0.5, 0.6) is 11.5 Å². The molecule has 6 fully saturated rings. The van der Waals surface area contributed by atoms with Gasteiger partial charge in [0.05, 0.1) is 36.8 Å². The predicted octanol–water partition coefficient (Wildman–Crippen LogP) is 5.69. The van der Waals surface area contributed by atoms with E-state index in [0.29, 0.717) is 67.5 Å². The smallest absolute Gasteiger partial charge is 0.306 e. The number of allylic oxidation sites excluding steroid dienone is 1. The van der Waals surface area contributed by atoms with E-state index in [1.165, 1.54) is 10.8 Å². The number of aliphatic hydroxyl groups excluding tert-OH is 5. The van der Waals surface area contributed by atoms with Crippen LogP contribution in [0.15, 0.2) is 35.0 Å². The van der Waals surface area contributed by atoms with Crippen LogP contribution in [0.4, 0.5) is 0 Å². The molecule has 75 heavy (non-hydrogen) atoms. The molecule has 16 atom stereocenters. The first kappa shape index (κ1) is 56.1. The number of nitrogens with one attached hydrogen (secondary N) is 2. The molecule has 10 N–H and O–H groups in total. The second-order valence-corrected chi connectivity index (χ2v) is 27.1. The van der Waals surface area contributed by atoms with Gasteiger partial charge >= 0.3 is 5.97 Å². The zero-order valence-electron chi connectivity index (χ0n) is 44.3. The fourth-order valence-corrected chi connectivity index (χ4v) is 20.5. The Hall–Kier alpha value is -2.17. The largest absolute Gasteiger partial charge is 0.485 e. The van der Waals surface area contributed by atoms with E-state index >= 15 is 0 Å². The van der Waals surface area contributed by atoms with Crippen LogP contribution in [-0.2, 0) is 20.7 Å². The molecule has 10 rings (SSSR count). The molecule has 18 heteroatoms. The van der Waals surface area contributed by atoms with Crippen molar-refractivity contribution < 1.29 is 69.0 Å². The van der Waals surface area contributed by atoms with Gasteiger partial charge in [0.25, 0.3) is 0 Å². The summed E-state index contributed by atoms with van der Waals surface area (Å²) in [6.45, 7) is 5.16. The van der Waals surface area contributed by atoms with Gasteiger partial charge in [-0.3, -0.25) is 4.79 Å². The van der Waals surface area contributed by atoms with Crippen molar-refractivity contribution in [2.75, 3.05) is 45.7 Å². The molecule has 3 spiro atoms. The van der Waals surface area contributed by atoms with E-state index in [9.17, 15) is 45.6 Å². The Morgan fingerprint density at radius 3 is 2.55 bits per heavy atom. The summed E-state index contributed by atoms with van der Waals surface area (Å²) in [6.07, 6.45) is 10.1. The first-order valence-electron chi connectivity index (χ1n) is 28.5. The SMILES string of the molecule is CCOC(=O)CCc1cc2ccoc2c2c1O[C@@H]1O[C@@]3(CSS[C@]4(CC[C@]5(CC[C@H](CNC)C5)[C@H]4CCC4(O)CCC(O)CC4)[C@H](CC[C@H](C)CCC[C@H]3O)NCCO2)[C@]2(O)C[C@@H]3C=C[C@H](O)[C@@H](CO)[C@H]3[C@@]1(O)[C@H]2O. The number of hydrogen-bond donors (Lipinski definition) is 10. The summed E-state index contributed by atoms with van der Waals surface area (Å²) in [7, 11) is 5.36. The molecule has 2 aromatic rings. The summed E-state index contributed by atoms with van der Waals surface area (Å²) in [5.74, 6) is -2.06. The molecule has 1 aromatic heterocycles. The maximum atomic E-state index is 13.8. The predicted molar refractivity (Wildman–Crippen MR) is 286 cm³/mol. The number of furan rings is 1. The molecule has 4 saturated carbocycles. The Kier molecular flexibility index (Phi) is 16.8. The monoisotopic (exact) mass is 1090 g/mol. The quantitative estimate of drug-likeness (QED) is 0.0779. The second-order valence-electron chi connectivity index (χ2n) is 24.5. The lowest BCUT2D eigenvalue weighted by Gasteiger charge is -2.67. The number of aliphatic hydroxyl groups is 8. The third-order valence-corrected chi connectivity index (χ3v) is 23.6. The summed E-state index contributed by atoms with van der Waals surface area (Å²) >= 11 is 0. The van der Waals surface area contributed by atoms with E-state index in [1.807, 2.05) is 13.1 Å². The molecule has 420 valence electrons. The molecule has 1 aromatic carbocycles. The molecule has 2 saturated heterocycles. The number of esters is 1. The van der Waals surface area contributed by atoms with Crippen LogP contribution < -0.4 is 20.1 Å².